The standard InChI is InChI=1S/C48H31NS/c1-3-14-33(15-4-1)47-43-21-10-9-19-39(43)40-27-25-37(30-44(40)48(47)34-16-5-2-6-17-34)49(36-24-23-32-13-7-8-18-35(32)29-36)38-26-28-42-41-20-11-12-22-45(41)50-46(42)31-38/h1-31H. The van der Waals surface area contributed by atoms with E-state index in [9.17, 15) is 0 Å². The van der Waals surface area contributed by atoms with Gasteiger partial charge in [0.15, 0.2) is 0 Å². The molecule has 0 fully saturated rings. The molecule has 0 spiro atoms. The van der Waals surface area contributed by atoms with E-state index >= 15 is 0 Å². The maximum absolute atomic E-state index is 2.43. The van der Waals surface area contributed by atoms with Gasteiger partial charge in [0.2, 0.25) is 0 Å². The molecule has 50 heavy (non-hydrogen) atoms. The highest BCUT2D eigenvalue weighted by Gasteiger charge is 2.21. The predicted octanol–water partition coefficient (Wildman–Crippen LogP) is 14.3. The van der Waals surface area contributed by atoms with Gasteiger partial charge in [-0.05, 0) is 97.0 Å². The Kier molecular flexibility index (Phi) is 6.75. The van der Waals surface area contributed by atoms with Crippen molar-refractivity contribution in [3.63, 3.8) is 0 Å². The molecular weight excluding hydrogens is 623 g/mol. The van der Waals surface area contributed by atoms with Crippen LogP contribution in [0.4, 0.5) is 17.1 Å². The number of fused-ring (bicyclic) bond motifs is 7. The normalized spacial score (nSPS) is 11.6. The average Bonchev–Trinajstić information content (AvgIpc) is 3.56. The Bertz CT molecular complexity index is 2870. The zero-order valence-corrected chi connectivity index (χ0v) is 28.1. The summed E-state index contributed by atoms with van der Waals surface area (Å²) in [5.74, 6) is 0. The van der Waals surface area contributed by atoms with E-state index in [0.29, 0.717) is 0 Å². The van der Waals surface area contributed by atoms with Crippen LogP contribution in [0.3, 0.4) is 0 Å². The van der Waals surface area contributed by atoms with Crippen molar-refractivity contribution < 1.29 is 0 Å². The zero-order valence-electron chi connectivity index (χ0n) is 27.3. The van der Waals surface area contributed by atoms with Crippen LogP contribution < -0.4 is 4.90 Å². The lowest BCUT2D eigenvalue weighted by Gasteiger charge is -2.27. The van der Waals surface area contributed by atoms with Gasteiger partial charge in [-0.25, -0.2) is 0 Å². The van der Waals surface area contributed by atoms with Gasteiger partial charge in [-0.15, -0.1) is 11.3 Å². The van der Waals surface area contributed by atoms with E-state index in [0.717, 1.165) is 17.1 Å². The number of rotatable bonds is 5. The Balaban J connectivity index is 1.29. The van der Waals surface area contributed by atoms with Gasteiger partial charge < -0.3 is 4.90 Å². The van der Waals surface area contributed by atoms with E-state index in [1.807, 2.05) is 11.3 Å². The summed E-state index contributed by atoms with van der Waals surface area (Å²) in [6, 6.07) is 68.8. The maximum atomic E-state index is 2.43. The molecule has 0 atom stereocenters. The molecule has 0 saturated heterocycles. The van der Waals surface area contributed by atoms with Crippen LogP contribution in [0.2, 0.25) is 0 Å². The molecule has 0 radical (unpaired) electrons. The average molecular weight is 654 g/mol. The topological polar surface area (TPSA) is 3.24 Å². The SMILES string of the molecule is c1ccc(-c2c(-c3ccccc3)c3cc(N(c4ccc5ccccc5c4)c4ccc5c(c4)sc4ccccc45)ccc3c3ccccc23)cc1. The molecule has 1 heterocycles. The highest BCUT2D eigenvalue weighted by atomic mass is 32.1. The van der Waals surface area contributed by atoms with E-state index < -0.39 is 0 Å². The highest BCUT2D eigenvalue weighted by molar-refractivity contribution is 7.25. The lowest BCUT2D eigenvalue weighted by atomic mass is 9.85. The van der Waals surface area contributed by atoms with Crippen LogP contribution in [0, 0.1) is 0 Å². The van der Waals surface area contributed by atoms with Crippen LogP contribution in [0.15, 0.2) is 188 Å². The van der Waals surface area contributed by atoms with Crippen molar-refractivity contribution in [1.82, 2.24) is 0 Å². The summed E-state index contributed by atoms with van der Waals surface area (Å²) in [7, 11) is 0. The molecule has 0 unspecified atom stereocenters. The molecule has 0 bridgehead atoms. The van der Waals surface area contributed by atoms with Crippen LogP contribution in [-0.4, -0.2) is 0 Å². The lowest BCUT2D eigenvalue weighted by molar-refractivity contribution is 1.30. The summed E-state index contributed by atoms with van der Waals surface area (Å²) in [6.45, 7) is 0. The van der Waals surface area contributed by atoms with Gasteiger partial charge in [0.25, 0.3) is 0 Å². The van der Waals surface area contributed by atoms with Crippen molar-refractivity contribution in [2.45, 2.75) is 0 Å². The van der Waals surface area contributed by atoms with Gasteiger partial charge >= 0.3 is 0 Å². The first-order chi connectivity index (χ1) is 24.8. The smallest absolute Gasteiger partial charge is 0.0476 e. The summed E-state index contributed by atoms with van der Waals surface area (Å²) < 4.78 is 2.60. The van der Waals surface area contributed by atoms with Crippen molar-refractivity contribution in [1.29, 1.82) is 0 Å². The van der Waals surface area contributed by atoms with Gasteiger partial charge in [0.05, 0.1) is 0 Å². The minimum atomic E-state index is 1.12. The summed E-state index contributed by atoms with van der Waals surface area (Å²) in [5.41, 5.74) is 8.35. The van der Waals surface area contributed by atoms with Crippen molar-refractivity contribution in [3.05, 3.63) is 188 Å². The van der Waals surface area contributed by atoms with Gasteiger partial charge in [-0.2, -0.15) is 0 Å². The van der Waals surface area contributed by atoms with E-state index in [2.05, 4.69) is 193 Å². The third-order valence-corrected chi connectivity index (χ3v) is 11.1. The number of hydrogen-bond donors (Lipinski definition) is 0. The third kappa shape index (κ3) is 4.69. The van der Waals surface area contributed by atoms with E-state index in [1.165, 1.54) is 74.7 Å². The van der Waals surface area contributed by atoms with Crippen LogP contribution in [-0.2, 0) is 0 Å². The highest BCUT2D eigenvalue weighted by Crippen LogP contribution is 2.47. The number of anilines is 3. The largest absolute Gasteiger partial charge is 0.310 e. The van der Waals surface area contributed by atoms with Crippen LogP contribution in [0.1, 0.15) is 0 Å². The Morgan fingerprint density at radius 1 is 0.300 bits per heavy atom. The number of thiophene rings is 1. The Morgan fingerprint density at radius 3 is 1.56 bits per heavy atom. The Hall–Kier alpha value is -6.22. The minimum Gasteiger partial charge on any atom is -0.310 e. The lowest BCUT2D eigenvalue weighted by Crippen LogP contribution is -2.10. The summed E-state index contributed by atoms with van der Waals surface area (Å²) >= 11 is 1.86. The monoisotopic (exact) mass is 653 g/mol. The molecule has 2 heteroatoms. The zero-order chi connectivity index (χ0) is 33.0. The van der Waals surface area contributed by atoms with E-state index in [1.54, 1.807) is 0 Å². The van der Waals surface area contributed by atoms with Crippen LogP contribution >= 0.6 is 11.3 Å². The first-order valence-corrected chi connectivity index (χ1v) is 17.9. The second-order valence-corrected chi connectivity index (χ2v) is 14.0. The van der Waals surface area contributed by atoms with Crippen molar-refractivity contribution in [3.8, 4) is 22.3 Å². The van der Waals surface area contributed by atoms with Crippen LogP contribution in [0.25, 0.3) is 74.7 Å². The molecule has 10 rings (SSSR count). The molecule has 1 aromatic heterocycles. The maximum Gasteiger partial charge on any atom is 0.0476 e. The fourth-order valence-corrected chi connectivity index (χ4v) is 8.88. The van der Waals surface area contributed by atoms with Gasteiger partial charge in [0.1, 0.15) is 0 Å². The molecule has 0 aliphatic heterocycles. The molecule has 0 amide bonds. The third-order valence-electron chi connectivity index (χ3n) is 10.0. The second kappa shape index (κ2) is 11.7. The van der Waals surface area contributed by atoms with Gasteiger partial charge in [-0.3, -0.25) is 0 Å². The van der Waals surface area contributed by atoms with Gasteiger partial charge in [-0.1, -0.05) is 146 Å². The number of hydrogen-bond acceptors (Lipinski definition) is 2. The summed E-state index contributed by atoms with van der Waals surface area (Å²) in [4.78, 5) is 2.43. The first kappa shape index (κ1) is 28.8. The fourth-order valence-electron chi connectivity index (χ4n) is 7.74. The molecule has 0 N–H and O–H groups in total. The first-order valence-electron chi connectivity index (χ1n) is 17.1. The molecule has 234 valence electrons. The summed E-state index contributed by atoms with van der Waals surface area (Å²) in [5, 5.41) is 10.1. The molecule has 0 aliphatic carbocycles. The summed E-state index contributed by atoms with van der Waals surface area (Å²) in [6.07, 6.45) is 0. The Labute approximate surface area is 294 Å². The molecule has 9 aromatic carbocycles. The molecular formula is C48H31NS. The fraction of sp³-hybridized carbons (Fsp3) is 0. The quantitative estimate of drug-likeness (QED) is 0.167. The molecule has 0 aliphatic rings. The number of nitrogens with zero attached hydrogens (tertiary/aromatic N) is 1. The van der Waals surface area contributed by atoms with E-state index in [-0.39, 0.29) is 0 Å². The van der Waals surface area contributed by atoms with Crippen LogP contribution in [0.5, 0.6) is 0 Å². The number of benzene rings is 9. The van der Waals surface area contributed by atoms with Crippen molar-refractivity contribution in [2.24, 2.45) is 0 Å². The molecule has 0 saturated carbocycles. The minimum absolute atomic E-state index is 1.12. The van der Waals surface area contributed by atoms with E-state index in [4.69, 9.17) is 0 Å². The van der Waals surface area contributed by atoms with Crippen molar-refractivity contribution >= 4 is 80.9 Å². The molecule has 10 aromatic rings. The second-order valence-electron chi connectivity index (χ2n) is 12.9. The predicted molar refractivity (Wildman–Crippen MR) is 217 cm³/mol. The van der Waals surface area contributed by atoms with Crippen molar-refractivity contribution in [2.75, 3.05) is 4.90 Å². The van der Waals surface area contributed by atoms with Gasteiger partial charge in [0, 0.05) is 37.2 Å². The Morgan fingerprint density at radius 2 is 0.800 bits per heavy atom. The molecule has 1 nitrogen and oxygen atoms in total.